The minimum absolute atomic E-state index is 0.299. The van der Waals surface area contributed by atoms with Crippen molar-refractivity contribution in [1.29, 1.82) is 0 Å². The zero-order valence-electron chi connectivity index (χ0n) is 9.44. The summed E-state index contributed by atoms with van der Waals surface area (Å²) >= 11 is 0. The van der Waals surface area contributed by atoms with Crippen molar-refractivity contribution >= 4 is 16.7 Å². The van der Waals surface area contributed by atoms with Crippen LogP contribution in [0.3, 0.4) is 0 Å². The van der Waals surface area contributed by atoms with Crippen molar-refractivity contribution in [2.45, 2.75) is 19.3 Å². The molecule has 82 valence electrons. The van der Waals surface area contributed by atoms with Gasteiger partial charge >= 0.3 is 0 Å². The van der Waals surface area contributed by atoms with Gasteiger partial charge in [-0.1, -0.05) is 0 Å². The fourth-order valence-electron chi connectivity index (χ4n) is 2.16. The highest BCUT2D eigenvalue weighted by Crippen LogP contribution is 2.33. The van der Waals surface area contributed by atoms with Gasteiger partial charge in [-0.2, -0.15) is 0 Å². The topological polar surface area (TPSA) is 22.0 Å². The van der Waals surface area contributed by atoms with Crippen LogP contribution in [0.4, 0.5) is 0 Å². The minimum atomic E-state index is 0.299. The van der Waals surface area contributed by atoms with Gasteiger partial charge in [0.15, 0.2) is 5.78 Å². The van der Waals surface area contributed by atoms with E-state index in [-0.39, 0.29) is 0 Å². The predicted octanol–water partition coefficient (Wildman–Crippen LogP) is 3.16. The third-order valence-electron chi connectivity index (χ3n) is 3.38. The van der Waals surface area contributed by atoms with Gasteiger partial charge in [-0.15, -0.1) is 0 Å². The van der Waals surface area contributed by atoms with E-state index in [1.165, 1.54) is 18.4 Å². The van der Waals surface area contributed by atoms with Crippen LogP contribution >= 0.6 is 0 Å². The van der Waals surface area contributed by atoms with Crippen molar-refractivity contribution in [3.63, 3.8) is 0 Å². The van der Waals surface area contributed by atoms with E-state index in [9.17, 15) is 4.79 Å². The van der Waals surface area contributed by atoms with E-state index in [1.54, 1.807) is 0 Å². The molecule has 3 rings (SSSR count). The Balaban J connectivity index is 1.94. The van der Waals surface area contributed by atoms with Crippen LogP contribution in [-0.2, 0) is 7.05 Å². The number of nitrogens with zero attached hydrogens (tertiary/aromatic N) is 1. The van der Waals surface area contributed by atoms with Crippen LogP contribution < -0.4 is 0 Å². The van der Waals surface area contributed by atoms with E-state index in [2.05, 4.69) is 10.6 Å². The van der Waals surface area contributed by atoms with Gasteiger partial charge in [0.25, 0.3) is 0 Å². The molecule has 0 unspecified atom stereocenters. The van der Waals surface area contributed by atoms with E-state index >= 15 is 0 Å². The summed E-state index contributed by atoms with van der Waals surface area (Å²) in [6.07, 6.45) is 5.23. The molecule has 16 heavy (non-hydrogen) atoms. The highest BCUT2D eigenvalue weighted by molar-refractivity contribution is 5.99. The average Bonchev–Trinajstić information content (AvgIpc) is 3.02. The van der Waals surface area contributed by atoms with Gasteiger partial charge in [0, 0.05) is 36.1 Å². The summed E-state index contributed by atoms with van der Waals surface area (Å²) in [5, 5.41) is 1.16. The number of aromatic nitrogens is 1. The number of benzene rings is 1. The van der Waals surface area contributed by atoms with E-state index in [0.717, 1.165) is 17.4 Å². The first-order valence-corrected chi connectivity index (χ1v) is 5.82. The van der Waals surface area contributed by atoms with Gasteiger partial charge < -0.3 is 4.57 Å². The van der Waals surface area contributed by atoms with Crippen LogP contribution in [0.15, 0.2) is 30.5 Å². The predicted molar refractivity (Wildman–Crippen MR) is 64.6 cm³/mol. The Morgan fingerprint density at radius 1 is 1.38 bits per heavy atom. The highest BCUT2D eigenvalue weighted by atomic mass is 16.1. The fourth-order valence-corrected chi connectivity index (χ4v) is 2.16. The van der Waals surface area contributed by atoms with E-state index < -0.39 is 0 Å². The van der Waals surface area contributed by atoms with Gasteiger partial charge in [0.2, 0.25) is 0 Å². The number of Topliss-reactive ketones (excluding diaryl/α,β-unsaturated/α-hetero) is 1. The van der Waals surface area contributed by atoms with Gasteiger partial charge in [0.05, 0.1) is 0 Å². The molecule has 1 aliphatic rings. The third kappa shape index (κ3) is 1.64. The number of hydrogen-bond acceptors (Lipinski definition) is 1. The standard InChI is InChI=1S/C14H15NO/c1-15-7-6-11-9-12(4-5-13(11)15)14(16)8-10-2-3-10/h4-7,9-10H,2-3,8H2,1H3. The maximum Gasteiger partial charge on any atom is 0.163 e. The molecule has 0 aliphatic heterocycles. The second-order valence-electron chi connectivity index (χ2n) is 4.77. The number of fused-ring (bicyclic) bond motifs is 1. The van der Waals surface area contributed by atoms with E-state index in [0.29, 0.717) is 11.7 Å². The maximum atomic E-state index is 11.9. The van der Waals surface area contributed by atoms with Gasteiger partial charge in [-0.05, 0) is 43.0 Å². The first kappa shape index (κ1) is 9.64. The molecule has 1 heterocycles. The van der Waals surface area contributed by atoms with Crippen LogP contribution in [0.25, 0.3) is 10.9 Å². The second-order valence-corrected chi connectivity index (χ2v) is 4.77. The molecule has 0 spiro atoms. The van der Waals surface area contributed by atoms with Gasteiger partial charge in [-0.25, -0.2) is 0 Å². The smallest absolute Gasteiger partial charge is 0.163 e. The summed E-state index contributed by atoms with van der Waals surface area (Å²) in [7, 11) is 2.02. The number of rotatable bonds is 3. The molecule has 2 nitrogen and oxygen atoms in total. The zero-order chi connectivity index (χ0) is 11.1. The lowest BCUT2D eigenvalue weighted by Crippen LogP contribution is -1.99. The van der Waals surface area contributed by atoms with Crippen molar-refractivity contribution in [3.05, 3.63) is 36.0 Å². The monoisotopic (exact) mass is 213 g/mol. The van der Waals surface area contributed by atoms with Crippen molar-refractivity contribution < 1.29 is 4.79 Å². The first-order valence-electron chi connectivity index (χ1n) is 5.82. The molecule has 1 aromatic heterocycles. The lowest BCUT2D eigenvalue weighted by atomic mass is 10.0. The number of hydrogen-bond donors (Lipinski definition) is 0. The first-order chi connectivity index (χ1) is 7.74. The fraction of sp³-hybridized carbons (Fsp3) is 0.357. The molecule has 0 bridgehead atoms. The average molecular weight is 213 g/mol. The van der Waals surface area contributed by atoms with Gasteiger partial charge in [0.1, 0.15) is 0 Å². The zero-order valence-corrected chi connectivity index (χ0v) is 9.44. The molecule has 0 saturated heterocycles. The number of carbonyl (C=O) groups is 1. The Kier molecular flexibility index (Phi) is 2.10. The van der Waals surface area contributed by atoms with E-state index in [4.69, 9.17) is 0 Å². The van der Waals surface area contributed by atoms with Crippen molar-refractivity contribution in [2.75, 3.05) is 0 Å². The molecule has 0 N–H and O–H groups in total. The molecule has 2 aromatic rings. The SMILES string of the molecule is Cn1ccc2cc(C(=O)CC3CC3)ccc21. The quantitative estimate of drug-likeness (QED) is 0.718. The summed E-state index contributed by atoms with van der Waals surface area (Å²) in [6.45, 7) is 0. The molecule has 0 amide bonds. The Bertz CT molecular complexity index is 549. The third-order valence-corrected chi connectivity index (χ3v) is 3.38. The Labute approximate surface area is 94.9 Å². The molecule has 1 aromatic carbocycles. The molecule has 0 radical (unpaired) electrons. The molecular formula is C14H15NO. The summed E-state index contributed by atoms with van der Waals surface area (Å²) < 4.78 is 2.07. The van der Waals surface area contributed by atoms with Crippen molar-refractivity contribution in [2.24, 2.45) is 13.0 Å². The largest absolute Gasteiger partial charge is 0.351 e. The Morgan fingerprint density at radius 2 is 2.19 bits per heavy atom. The van der Waals surface area contributed by atoms with Crippen LogP contribution in [-0.4, -0.2) is 10.4 Å². The molecule has 1 saturated carbocycles. The Morgan fingerprint density at radius 3 is 2.94 bits per heavy atom. The molecule has 1 aliphatic carbocycles. The van der Waals surface area contributed by atoms with Crippen molar-refractivity contribution in [1.82, 2.24) is 4.57 Å². The molecular weight excluding hydrogens is 198 g/mol. The summed E-state index contributed by atoms with van der Waals surface area (Å²) in [5.74, 6) is 0.965. The second kappa shape index (κ2) is 3.48. The lowest BCUT2D eigenvalue weighted by molar-refractivity contribution is 0.0976. The lowest BCUT2D eigenvalue weighted by Gasteiger charge is -2.01. The minimum Gasteiger partial charge on any atom is -0.351 e. The summed E-state index contributed by atoms with van der Waals surface area (Å²) in [5.41, 5.74) is 2.05. The summed E-state index contributed by atoms with van der Waals surface area (Å²) in [4.78, 5) is 11.9. The van der Waals surface area contributed by atoms with E-state index in [1.807, 2.05) is 31.4 Å². The normalized spacial score (nSPS) is 15.6. The summed E-state index contributed by atoms with van der Waals surface area (Å²) in [6, 6.07) is 8.06. The molecule has 2 heteroatoms. The Hall–Kier alpha value is -1.57. The van der Waals surface area contributed by atoms with Gasteiger partial charge in [-0.3, -0.25) is 4.79 Å². The number of aryl methyl sites for hydroxylation is 1. The van der Waals surface area contributed by atoms with Crippen LogP contribution in [0.5, 0.6) is 0 Å². The molecule has 0 atom stereocenters. The highest BCUT2D eigenvalue weighted by Gasteiger charge is 2.24. The number of ketones is 1. The van der Waals surface area contributed by atoms with Crippen LogP contribution in [0, 0.1) is 5.92 Å². The molecule has 1 fully saturated rings. The van der Waals surface area contributed by atoms with Crippen LogP contribution in [0.2, 0.25) is 0 Å². The van der Waals surface area contributed by atoms with Crippen molar-refractivity contribution in [3.8, 4) is 0 Å². The van der Waals surface area contributed by atoms with Crippen LogP contribution in [0.1, 0.15) is 29.6 Å². The maximum absolute atomic E-state index is 11.9. The number of carbonyl (C=O) groups excluding carboxylic acids is 1.